The average Bonchev–Trinajstić information content (AvgIpc) is 2.76. The molecule has 1 fully saturated rings. The van der Waals surface area contributed by atoms with Gasteiger partial charge in [0.2, 0.25) is 0 Å². The second-order valence-electron chi connectivity index (χ2n) is 4.74. The Kier molecular flexibility index (Phi) is 3.76. The Morgan fingerprint density at radius 2 is 2.12 bits per heavy atom. The van der Waals surface area contributed by atoms with Crippen LogP contribution in [0, 0.1) is 17.2 Å². The minimum Gasteiger partial charge on any atom is -0.316 e. The lowest BCUT2D eigenvalue weighted by molar-refractivity contribution is 0.386. The first-order valence-corrected chi connectivity index (χ1v) is 6.04. The Hall–Kier alpha value is -1.39. The highest BCUT2D eigenvalue weighted by molar-refractivity contribution is 5.82. The standard InChI is InChI=1S/C13H20N4/c1-10-7-16-8-12(10)13(14)17(15)9-11-5-3-2-4-6-11/h2-6,10,12,14,16H,7-9,15H2,1H3. The molecule has 1 heterocycles. The smallest absolute Gasteiger partial charge is 0.115 e. The van der Waals surface area contributed by atoms with Gasteiger partial charge in [-0.05, 0) is 18.0 Å². The number of nitrogens with zero attached hydrogens (tertiary/aromatic N) is 1. The van der Waals surface area contributed by atoms with Crippen molar-refractivity contribution in [3.63, 3.8) is 0 Å². The summed E-state index contributed by atoms with van der Waals surface area (Å²) < 4.78 is 0. The van der Waals surface area contributed by atoms with Crippen molar-refractivity contribution >= 4 is 5.84 Å². The molecule has 0 spiro atoms. The molecule has 0 aromatic heterocycles. The zero-order chi connectivity index (χ0) is 12.3. The van der Waals surface area contributed by atoms with Gasteiger partial charge < -0.3 is 5.32 Å². The van der Waals surface area contributed by atoms with E-state index in [4.69, 9.17) is 11.3 Å². The predicted octanol–water partition coefficient (Wildman–Crippen LogP) is 1.20. The minimum atomic E-state index is 0.240. The highest BCUT2D eigenvalue weighted by atomic mass is 15.4. The van der Waals surface area contributed by atoms with E-state index in [0.29, 0.717) is 18.3 Å². The van der Waals surface area contributed by atoms with Crippen molar-refractivity contribution in [1.29, 1.82) is 5.41 Å². The van der Waals surface area contributed by atoms with Crippen LogP contribution in [0.1, 0.15) is 12.5 Å². The molecule has 0 aliphatic carbocycles. The number of amidine groups is 1. The van der Waals surface area contributed by atoms with Crippen LogP contribution in [0.2, 0.25) is 0 Å². The van der Waals surface area contributed by atoms with E-state index in [1.165, 1.54) is 0 Å². The molecule has 4 N–H and O–H groups in total. The molecule has 4 heteroatoms. The summed E-state index contributed by atoms with van der Waals surface area (Å²) in [6.07, 6.45) is 0. The number of hydrogen-bond acceptors (Lipinski definition) is 3. The predicted molar refractivity (Wildman–Crippen MR) is 69.4 cm³/mol. The number of hydrazine groups is 1. The molecule has 2 unspecified atom stereocenters. The van der Waals surface area contributed by atoms with Crippen LogP contribution < -0.4 is 11.2 Å². The van der Waals surface area contributed by atoms with Gasteiger partial charge in [-0.25, -0.2) is 5.84 Å². The van der Waals surface area contributed by atoms with E-state index in [-0.39, 0.29) is 5.92 Å². The molecule has 1 aliphatic heterocycles. The maximum absolute atomic E-state index is 8.13. The number of nitrogens with one attached hydrogen (secondary N) is 2. The van der Waals surface area contributed by atoms with Crippen LogP contribution in [-0.2, 0) is 6.54 Å². The van der Waals surface area contributed by atoms with Gasteiger partial charge in [-0.2, -0.15) is 0 Å². The minimum absolute atomic E-state index is 0.240. The van der Waals surface area contributed by atoms with Gasteiger partial charge in [0.25, 0.3) is 0 Å². The lowest BCUT2D eigenvalue weighted by Crippen LogP contribution is -2.42. The van der Waals surface area contributed by atoms with E-state index in [9.17, 15) is 0 Å². The van der Waals surface area contributed by atoms with Gasteiger partial charge in [0.15, 0.2) is 0 Å². The highest BCUT2D eigenvalue weighted by Gasteiger charge is 2.29. The van der Waals surface area contributed by atoms with Gasteiger partial charge in [-0.3, -0.25) is 10.4 Å². The first-order valence-electron chi connectivity index (χ1n) is 6.04. The van der Waals surface area contributed by atoms with Gasteiger partial charge in [-0.15, -0.1) is 0 Å². The average molecular weight is 232 g/mol. The van der Waals surface area contributed by atoms with Crippen molar-refractivity contribution in [2.45, 2.75) is 13.5 Å². The van der Waals surface area contributed by atoms with Crippen molar-refractivity contribution in [2.24, 2.45) is 17.7 Å². The van der Waals surface area contributed by atoms with Crippen LogP contribution in [0.15, 0.2) is 30.3 Å². The maximum Gasteiger partial charge on any atom is 0.115 e. The first kappa shape index (κ1) is 12.1. The van der Waals surface area contributed by atoms with E-state index in [0.717, 1.165) is 18.7 Å². The third kappa shape index (κ3) is 2.84. The number of rotatable bonds is 3. The second kappa shape index (κ2) is 5.29. The van der Waals surface area contributed by atoms with Gasteiger partial charge in [0.05, 0.1) is 6.54 Å². The molecule has 0 saturated carbocycles. The summed E-state index contributed by atoms with van der Waals surface area (Å²) in [4.78, 5) is 0. The summed E-state index contributed by atoms with van der Waals surface area (Å²) >= 11 is 0. The molecule has 92 valence electrons. The summed E-state index contributed by atoms with van der Waals surface area (Å²) in [7, 11) is 0. The summed E-state index contributed by atoms with van der Waals surface area (Å²) in [6, 6.07) is 10.0. The third-order valence-corrected chi connectivity index (χ3v) is 3.37. The molecule has 1 aromatic carbocycles. The zero-order valence-corrected chi connectivity index (χ0v) is 10.2. The fourth-order valence-corrected chi connectivity index (χ4v) is 2.25. The van der Waals surface area contributed by atoms with E-state index in [1.807, 2.05) is 30.3 Å². The van der Waals surface area contributed by atoms with Crippen molar-refractivity contribution in [2.75, 3.05) is 13.1 Å². The monoisotopic (exact) mass is 232 g/mol. The summed E-state index contributed by atoms with van der Waals surface area (Å²) in [6.45, 7) is 4.60. The van der Waals surface area contributed by atoms with Gasteiger partial charge in [0, 0.05) is 12.5 Å². The first-order chi connectivity index (χ1) is 8.18. The van der Waals surface area contributed by atoms with Crippen molar-refractivity contribution in [3.8, 4) is 0 Å². The fourth-order valence-electron chi connectivity index (χ4n) is 2.25. The Morgan fingerprint density at radius 1 is 1.41 bits per heavy atom. The molecule has 17 heavy (non-hydrogen) atoms. The fraction of sp³-hybridized carbons (Fsp3) is 0.462. The van der Waals surface area contributed by atoms with E-state index >= 15 is 0 Å². The lowest BCUT2D eigenvalue weighted by atomic mass is 9.96. The normalized spacial score (nSPS) is 23.6. The van der Waals surface area contributed by atoms with Crippen molar-refractivity contribution in [3.05, 3.63) is 35.9 Å². The third-order valence-electron chi connectivity index (χ3n) is 3.37. The largest absolute Gasteiger partial charge is 0.316 e. The van der Waals surface area contributed by atoms with E-state index in [1.54, 1.807) is 5.01 Å². The summed E-state index contributed by atoms with van der Waals surface area (Å²) in [5, 5.41) is 13.0. The molecule has 1 aliphatic rings. The van der Waals surface area contributed by atoms with E-state index < -0.39 is 0 Å². The Labute approximate surface area is 102 Å². The van der Waals surface area contributed by atoms with Crippen LogP contribution in [-0.4, -0.2) is 23.9 Å². The topological polar surface area (TPSA) is 65.1 Å². The van der Waals surface area contributed by atoms with Crippen LogP contribution in [0.25, 0.3) is 0 Å². The van der Waals surface area contributed by atoms with Crippen LogP contribution >= 0.6 is 0 Å². The second-order valence-corrected chi connectivity index (χ2v) is 4.74. The quantitative estimate of drug-likeness (QED) is 0.317. The zero-order valence-electron chi connectivity index (χ0n) is 10.2. The van der Waals surface area contributed by atoms with E-state index in [2.05, 4.69) is 12.2 Å². The number of nitrogens with two attached hydrogens (primary N) is 1. The Bertz CT molecular complexity index is 376. The van der Waals surface area contributed by atoms with Crippen molar-refractivity contribution < 1.29 is 0 Å². The van der Waals surface area contributed by atoms with Gasteiger partial charge in [0.1, 0.15) is 5.84 Å². The molecule has 0 bridgehead atoms. The van der Waals surface area contributed by atoms with Crippen LogP contribution in [0.3, 0.4) is 0 Å². The molecule has 4 nitrogen and oxygen atoms in total. The molecule has 2 atom stereocenters. The van der Waals surface area contributed by atoms with Gasteiger partial charge in [-0.1, -0.05) is 37.3 Å². The van der Waals surface area contributed by atoms with Crippen molar-refractivity contribution in [1.82, 2.24) is 10.3 Å². The molecule has 1 aromatic rings. The molecule has 0 amide bonds. The summed E-state index contributed by atoms with van der Waals surface area (Å²) in [5.41, 5.74) is 1.14. The molecular formula is C13H20N4. The highest BCUT2D eigenvalue weighted by Crippen LogP contribution is 2.18. The van der Waals surface area contributed by atoms with Crippen LogP contribution in [0.4, 0.5) is 0 Å². The SMILES string of the molecule is CC1CNCC1C(=N)N(N)Cc1ccccc1. The molecule has 0 radical (unpaired) electrons. The van der Waals surface area contributed by atoms with Gasteiger partial charge >= 0.3 is 0 Å². The Morgan fingerprint density at radius 3 is 2.71 bits per heavy atom. The maximum atomic E-state index is 8.13. The number of benzene rings is 1. The van der Waals surface area contributed by atoms with Crippen LogP contribution in [0.5, 0.6) is 0 Å². The summed E-state index contributed by atoms with van der Waals surface area (Å²) in [5.74, 6) is 7.24. The molecule has 2 rings (SSSR count). The Balaban J connectivity index is 1.96. The molecular weight excluding hydrogens is 212 g/mol. The molecule has 1 saturated heterocycles. The lowest BCUT2D eigenvalue weighted by Gasteiger charge is -2.25. The number of hydrogen-bond donors (Lipinski definition) is 3.